The van der Waals surface area contributed by atoms with Crippen LogP contribution < -0.4 is 4.90 Å². The number of rotatable bonds is 3. The van der Waals surface area contributed by atoms with E-state index in [9.17, 15) is 4.79 Å². The summed E-state index contributed by atoms with van der Waals surface area (Å²) in [6.45, 7) is 1.72. The molecule has 1 aromatic carbocycles. The number of carboxylic acid groups (broad SMARTS) is 1. The molecular weight excluding hydrogens is 248 g/mol. The number of aromatic nitrogens is 1. The van der Waals surface area contributed by atoms with Crippen LogP contribution in [0.4, 0.5) is 5.69 Å². The highest BCUT2D eigenvalue weighted by atomic mass is 32.1. The van der Waals surface area contributed by atoms with Crippen molar-refractivity contribution in [2.75, 3.05) is 19.0 Å². The van der Waals surface area contributed by atoms with Crippen molar-refractivity contribution in [1.29, 1.82) is 0 Å². The van der Waals surface area contributed by atoms with Crippen LogP contribution >= 0.6 is 11.3 Å². The Hall–Kier alpha value is -1.88. The van der Waals surface area contributed by atoms with E-state index in [1.807, 2.05) is 43.3 Å². The van der Waals surface area contributed by atoms with E-state index in [0.717, 1.165) is 16.3 Å². The highest BCUT2D eigenvalue weighted by Crippen LogP contribution is 2.29. The van der Waals surface area contributed by atoms with Crippen LogP contribution in [0, 0.1) is 6.92 Å². The monoisotopic (exact) mass is 262 g/mol. The van der Waals surface area contributed by atoms with Gasteiger partial charge in [-0.25, -0.2) is 9.78 Å². The van der Waals surface area contributed by atoms with Crippen molar-refractivity contribution in [2.24, 2.45) is 0 Å². The van der Waals surface area contributed by atoms with Gasteiger partial charge in [0.2, 0.25) is 0 Å². The number of nitrogens with zero attached hydrogens (tertiary/aromatic N) is 2. The molecule has 0 saturated heterocycles. The first-order valence-corrected chi connectivity index (χ1v) is 6.29. The smallest absolute Gasteiger partial charge is 0.347 e. The molecule has 0 aliphatic heterocycles. The predicted molar refractivity (Wildman–Crippen MR) is 73.6 cm³/mol. The molecule has 0 aliphatic rings. The Morgan fingerprint density at radius 2 is 1.89 bits per heavy atom. The molecule has 0 unspecified atom stereocenters. The van der Waals surface area contributed by atoms with E-state index in [-0.39, 0.29) is 0 Å². The summed E-state index contributed by atoms with van der Waals surface area (Å²) in [5.41, 5.74) is 2.62. The minimum atomic E-state index is -0.916. The van der Waals surface area contributed by atoms with Crippen molar-refractivity contribution in [3.05, 3.63) is 34.8 Å². The van der Waals surface area contributed by atoms with Crippen molar-refractivity contribution in [2.45, 2.75) is 6.92 Å². The maximum Gasteiger partial charge on any atom is 0.347 e. The zero-order valence-electron chi connectivity index (χ0n) is 10.5. The minimum absolute atomic E-state index is 0.307. The third-order valence-corrected chi connectivity index (χ3v) is 3.82. The van der Waals surface area contributed by atoms with Crippen LogP contribution in [-0.2, 0) is 0 Å². The normalized spacial score (nSPS) is 10.4. The summed E-state index contributed by atoms with van der Waals surface area (Å²) in [7, 11) is 3.95. The van der Waals surface area contributed by atoms with Crippen LogP contribution in [-0.4, -0.2) is 30.2 Å². The van der Waals surface area contributed by atoms with Gasteiger partial charge in [0, 0.05) is 25.3 Å². The summed E-state index contributed by atoms with van der Waals surface area (Å²) in [5, 5.41) is 9.75. The van der Waals surface area contributed by atoms with Gasteiger partial charge in [-0.2, -0.15) is 0 Å². The van der Waals surface area contributed by atoms with Crippen molar-refractivity contribution in [1.82, 2.24) is 4.98 Å². The van der Waals surface area contributed by atoms with Crippen LogP contribution in [0.5, 0.6) is 0 Å². The quantitative estimate of drug-likeness (QED) is 0.924. The SMILES string of the molecule is Cc1nc(-c2ccc(N(C)C)cc2)sc1C(=O)O. The molecule has 94 valence electrons. The molecule has 1 aromatic heterocycles. The lowest BCUT2D eigenvalue weighted by Gasteiger charge is -2.11. The highest BCUT2D eigenvalue weighted by molar-refractivity contribution is 7.17. The van der Waals surface area contributed by atoms with Crippen LogP contribution in [0.2, 0.25) is 0 Å². The van der Waals surface area contributed by atoms with Gasteiger partial charge in [0.15, 0.2) is 0 Å². The van der Waals surface area contributed by atoms with Crippen molar-refractivity contribution in [3.63, 3.8) is 0 Å². The van der Waals surface area contributed by atoms with E-state index in [1.165, 1.54) is 11.3 Å². The molecule has 0 aliphatic carbocycles. The molecule has 1 heterocycles. The lowest BCUT2D eigenvalue weighted by molar-refractivity contribution is 0.0701. The lowest BCUT2D eigenvalue weighted by atomic mass is 10.2. The second kappa shape index (κ2) is 4.78. The third kappa shape index (κ3) is 2.36. The number of aryl methyl sites for hydroxylation is 1. The molecule has 18 heavy (non-hydrogen) atoms. The number of aromatic carboxylic acids is 1. The molecule has 0 amide bonds. The first-order chi connectivity index (χ1) is 8.49. The Morgan fingerprint density at radius 1 is 1.28 bits per heavy atom. The van der Waals surface area contributed by atoms with Crippen molar-refractivity contribution in [3.8, 4) is 10.6 Å². The summed E-state index contributed by atoms with van der Waals surface area (Å²) in [4.78, 5) is 17.6. The Bertz CT molecular complexity index is 573. The topological polar surface area (TPSA) is 53.4 Å². The number of benzene rings is 1. The van der Waals surface area contributed by atoms with Gasteiger partial charge in [-0.05, 0) is 31.2 Å². The van der Waals surface area contributed by atoms with Gasteiger partial charge in [0.1, 0.15) is 9.88 Å². The maximum atomic E-state index is 11.0. The lowest BCUT2D eigenvalue weighted by Crippen LogP contribution is -2.07. The van der Waals surface area contributed by atoms with E-state index in [4.69, 9.17) is 5.11 Å². The molecule has 0 fully saturated rings. The van der Waals surface area contributed by atoms with Crippen molar-refractivity contribution >= 4 is 23.0 Å². The standard InChI is InChI=1S/C13H14N2O2S/c1-8-11(13(16)17)18-12(14-8)9-4-6-10(7-5-9)15(2)3/h4-7H,1-3H3,(H,16,17). The zero-order chi connectivity index (χ0) is 13.3. The third-order valence-electron chi connectivity index (χ3n) is 2.62. The molecule has 1 N–H and O–H groups in total. The first kappa shape index (κ1) is 12.6. The van der Waals surface area contributed by atoms with Gasteiger partial charge in [-0.15, -0.1) is 11.3 Å². The fourth-order valence-corrected chi connectivity index (χ4v) is 2.53. The Kier molecular flexibility index (Phi) is 3.34. The number of hydrogen-bond donors (Lipinski definition) is 1. The second-order valence-electron chi connectivity index (χ2n) is 4.18. The Morgan fingerprint density at radius 3 is 2.33 bits per heavy atom. The summed E-state index contributed by atoms with van der Waals surface area (Å²) in [6, 6.07) is 7.90. The molecule has 0 bridgehead atoms. The molecule has 2 aromatic rings. The molecule has 5 heteroatoms. The molecule has 0 atom stereocenters. The van der Waals surface area contributed by atoms with Crippen molar-refractivity contribution < 1.29 is 9.90 Å². The highest BCUT2D eigenvalue weighted by Gasteiger charge is 2.14. The average Bonchev–Trinajstić information content (AvgIpc) is 2.71. The minimum Gasteiger partial charge on any atom is -0.477 e. The second-order valence-corrected chi connectivity index (χ2v) is 5.18. The summed E-state index contributed by atoms with van der Waals surface area (Å²) in [6.07, 6.45) is 0. The molecular formula is C13H14N2O2S. The number of thiazole rings is 1. The average molecular weight is 262 g/mol. The predicted octanol–water partition coefficient (Wildman–Crippen LogP) is 2.88. The Balaban J connectivity index is 2.37. The van der Waals surface area contributed by atoms with Crippen LogP contribution in [0.25, 0.3) is 10.6 Å². The summed E-state index contributed by atoms with van der Waals surface area (Å²) >= 11 is 1.21. The van der Waals surface area contributed by atoms with Gasteiger partial charge in [0.25, 0.3) is 0 Å². The van der Waals surface area contributed by atoms with Gasteiger partial charge >= 0.3 is 5.97 Å². The molecule has 0 spiro atoms. The molecule has 4 nitrogen and oxygen atoms in total. The number of carboxylic acids is 1. The Labute approximate surface area is 110 Å². The number of hydrogen-bond acceptors (Lipinski definition) is 4. The van der Waals surface area contributed by atoms with Gasteiger partial charge in [-0.3, -0.25) is 0 Å². The first-order valence-electron chi connectivity index (χ1n) is 5.47. The molecule has 0 radical (unpaired) electrons. The molecule has 0 saturated carbocycles. The zero-order valence-corrected chi connectivity index (χ0v) is 11.3. The van der Waals surface area contributed by atoms with E-state index >= 15 is 0 Å². The molecule has 2 rings (SSSR count). The fraction of sp³-hybridized carbons (Fsp3) is 0.231. The number of carbonyl (C=O) groups is 1. The number of anilines is 1. The fourth-order valence-electron chi connectivity index (χ4n) is 1.62. The van der Waals surface area contributed by atoms with Gasteiger partial charge in [-0.1, -0.05) is 0 Å². The maximum absolute atomic E-state index is 11.0. The van der Waals surface area contributed by atoms with E-state index in [2.05, 4.69) is 4.98 Å². The van der Waals surface area contributed by atoms with E-state index in [1.54, 1.807) is 6.92 Å². The largest absolute Gasteiger partial charge is 0.477 e. The van der Waals surface area contributed by atoms with Gasteiger partial charge in [0.05, 0.1) is 5.69 Å². The van der Waals surface area contributed by atoms with Crippen LogP contribution in [0.3, 0.4) is 0 Å². The summed E-state index contributed by atoms with van der Waals surface area (Å²) in [5.74, 6) is -0.916. The van der Waals surface area contributed by atoms with Gasteiger partial charge < -0.3 is 10.0 Å². The van der Waals surface area contributed by atoms with E-state index in [0.29, 0.717) is 10.6 Å². The summed E-state index contributed by atoms with van der Waals surface area (Å²) < 4.78 is 0. The van der Waals surface area contributed by atoms with Crippen LogP contribution in [0.15, 0.2) is 24.3 Å². The van der Waals surface area contributed by atoms with Crippen LogP contribution in [0.1, 0.15) is 15.4 Å². The van der Waals surface area contributed by atoms with E-state index < -0.39 is 5.97 Å².